The van der Waals surface area contributed by atoms with Gasteiger partial charge in [-0.2, -0.15) is 13.2 Å². The maximum absolute atomic E-state index is 12.8. The van der Waals surface area contributed by atoms with E-state index >= 15 is 0 Å². The third-order valence-electron chi connectivity index (χ3n) is 2.51. The van der Waals surface area contributed by atoms with Crippen molar-refractivity contribution in [3.63, 3.8) is 0 Å². The highest BCUT2D eigenvalue weighted by atomic mass is 127. The van der Waals surface area contributed by atoms with Crippen molar-refractivity contribution in [2.24, 2.45) is 4.99 Å². The minimum atomic E-state index is -4.39. The molecule has 0 amide bonds. The quantitative estimate of drug-likeness (QED) is 0.588. The molecule has 92 valence electrons. The first-order valence-corrected chi connectivity index (χ1v) is 6.58. The van der Waals surface area contributed by atoms with Crippen LogP contribution in [0.2, 0.25) is 0 Å². The van der Waals surface area contributed by atoms with Gasteiger partial charge >= 0.3 is 6.18 Å². The zero-order valence-electron chi connectivity index (χ0n) is 8.78. The lowest BCUT2D eigenvalue weighted by Gasteiger charge is -2.27. The second kappa shape index (κ2) is 4.83. The molecule has 0 aliphatic carbocycles. The van der Waals surface area contributed by atoms with E-state index in [0.29, 0.717) is 10.1 Å². The number of para-hydroxylation sites is 1. The van der Waals surface area contributed by atoms with Crippen molar-refractivity contribution in [1.29, 1.82) is 0 Å². The minimum Gasteiger partial charge on any atom is -0.317 e. The minimum absolute atomic E-state index is 0.201. The lowest BCUT2D eigenvalue weighted by atomic mass is 10.2. The number of hydrogen-bond acceptors (Lipinski definition) is 2. The Morgan fingerprint density at radius 3 is 2.47 bits per heavy atom. The smallest absolute Gasteiger partial charge is 0.317 e. The predicted molar refractivity (Wildman–Crippen MR) is 70.0 cm³/mol. The summed E-state index contributed by atoms with van der Waals surface area (Å²) in [5.74, 6) is -0.787. The largest absolute Gasteiger partial charge is 0.449 e. The maximum atomic E-state index is 12.8. The molecule has 0 fully saturated rings. The van der Waals surface area contributed by atoms with Gasteiger partial charge in [0.05, 0.1) is 12.6 Å². The standard InChI is InChI=1S/C11H10F3IN2/c12-11(13,14)10-16-7-9(6-15)17(10)8-4-2-1-3-5-8/h1-5,9H,6-7H2. The van der Waals surface area contributed by atoms with Gasteiger partial charge in [-0.1, -0.05) is 40.8 Å². The summed E-state index contributed by atoms with van der Waals surface area (Å²) < 4.78 is 39.1. The highest BCUT2D eigenvalue weighted by Gasteiger charge is 2.45. The van der Waals surface area contributed by atoms with E-state index in [9.17, 15) is 13.2 Å². The van der Waals surface area contributed by atoms with Gasteiger partial charge in [0.25, 0.3) is 0 Å². The number of hydrogen-bond donors (Lipinski definition) is 0. The van der Waals surface area contributed by atoms with E-state index in [1.54, 1.807) is 30.3 Å². The SMILES string of the molecule is FC(F)(F)C1=NCC(CI)N1c1ccccc1. The van der Waals surface area contributed by atoms with Crippen LogP contribution in [0, 0.1) is 0 Å². The van der Waals surface area contributed by atoms with Gasteiger partial charge in [0.1, 0.15) is 0 Å². The highest BCUT2D eigenvalue weighted by Crippen LogP contribution is 2.30. The molecule has 0 radical (unpaired) electrons. The summed E-state index contributed by atoms with van der Waals surface area (Å²) in [4.78, 5) is 4.91. The third kappa shape index (κ3) is 2.56. The average molecular weight is 354 g/mol. The molecule has 1 aliphatic rings. The summed E-state index contributed by atoms with van der Waals surface area (Å²) >= 11 is 2.09. The molecule has 1 aromatic carbocycles. The van der Waals surface area contributed by atoms with Crippen LogP contribution in [-0.2, 0) is 0 Å². The van der Waals surface area contributed by atoms with E-state index in [1.807, 2.05) is 0 Å². The lowest BCUT2D eigenvalue weighted by Crippen LogP contribution is -2.44. The molecule has 0 saturated carbocycles. The van der Waals surface area contributed by atoms with Crippen LogP contribution in [-0.4, -0.2) is 29.0 Å². The van der Waals surface area contributed by atoms with Gasteiger partial charge in [-0.15, -0.1) is 0 Å². The van der Waals surface area contributed by atoms with E-state index < -0.39 is 12.0 Å². The Balaban J connectivity index is 2.37. The molecule has 1 unspecified atom stereocenters. The van der Waals surface area contributed by atoms with Crippen LogP contribution in [0.25, 0.3) is 0 Å². The number of halogens is 4. The Hall–Kier alpha value is -0.790. The van der Waals surface area contributed by atoms with Crippen molar-refractivity contribution in [2.45, 2.75) is 12.2 Å². The molecule has 0 bridgehead atoms. The molecule has 1 atom stereocenters. The first-order valence-electron chi connectivity index (χ1n) is 5.06. The zero-order chi connectivity index (χ0) is 12.5. The second-order valence-electron chi connectivity index (χ2n) is 3.68. The van der Waals surface area contributed by atoms with Crippen molar-refractivity contribution in [1.82, 2.24) is 0 Å². The number of amidine groups is 1. The van der Waals surface area contributed by atoms with E-state index in [0.717, 1.165) is 0 Å². The van der Waals surface area contributed by atoms with Crippen LogP contribution >= 0.6 is 22.6 Å². The van der Waals surface area contributed by atoms with Gasteiger partial charge in [-0.05, 0) is 12.1 Å². The van der Waals surface area contributed by atoms with Gasteiger partial charge < -0.3 is 4.90 Å². The molecular formula is C11H10F3IN2. The van der Waals surface area contributed by atoms with E-state index in [1.165, 1.54) is 4.90 Å². The molecule has 0 saturated heterocycles. The number of benzene rings is 1. The fourth-order valence-corrected chi connectivity index (χ4v) is 2.46. The van der Waals surface area contributed by atoms with Gasteiger partial charge in [0.15, 0.2) is 0 Å². The summed E-state index contributed by atoms with van der Waals surface area (Å²) in [6.45, 7) is 0.201. The van der Waals surface area contributed by atoms with E-state index in [4.69, 9.17) is 0 Å². The van der Waals surface area contributed by atoms with Crippen molar-refractivity contribution >= 4 is 34.1 Å². The summed E-state index contributed by atoms with van der Waals surface area (Å²) in [7, 11) is 0. The van der Waals surface area contributed by atoms with Crippen molar-refractivity contribution in [3.05, 3.63) is 30.3 Å². The summed E-state index contributed by atoms with van der Waals surface area (Å²) in [6, 6.07) is 8.37. The molecule has 1 aliphatic heterocycles. The number of nitrogens with zero attached hydrogens (tertiary/aromatic N) is 2. The van der Waals surface area contributed by atoms with Crippen molar-refractivity contribution in [2.75, 3.05) is 15.9 Å². The zero-order valence-corrected chi connectivity index (χ0v) is 10.9. The van der Waals surface area contributed by atoms with Crippen LogP contribution in [0.5, 0.6) is 0 Å². The van der Waals surface area contributed by atoms with Crippen LogP contribution < -0.4 is 4.90 Å². The summed E-state index contributed by atoms with van der Waals surface area (Å²) in [5.41, 5.74) is 0.544. The first-order chi connectivity index (χ1) is 8.04. The number of anilines is 1. The molecule has 1 aromatic rings. The second-order valence-corrected chi connectivity index (χ2v) is 4.56. The van der Waals surface area contributed by atoms with Gasteiger partial charge in [0, 0.05) is 10.1 Å². The molecule has 6 heteroatoms. The molecular weight excluding hydrogens is 344 g/mol. The van der Waals surface area contributed by atoms with Crippen LogP contribution in [0.3, 0.4) is 0 Å². The van der Waals surface area contributed by atoms with E-state index in [-0.39, 0.29) is 12.6 Å². The molecule has 2 rings (SSSR count). The molecule has 0 spiro atoms. The van der Waals surface area contributed by atoms with Gasteiger partial charge in [-0.25, -0.2) is 0 Å². The third-order valence-corrected chi connectivity index (χ3v) is 3.53. The Labute approximate surface area is 111 Å². The molecule has 17 heavy (non-hydrogen) atoms. The molecule has 0 N–H and O–H groups in total. The van der Waals surface area contributed by atoms with Crippen LogP contribution in [0.1, 0.15) is 0 Å². The molecule has 0 aromatic heterocycles. The fourth-order valence-electron chi connectivity index (χ4n) is 1.79. The van der Waals surface area contributed by atoms with Gasteiger partial charge in [0.2, 0.25) is 5.84 Å². The van der Waals surface area contributed by atoms with Crippen LogP contribution in [0.15, 0.2) is 35.3 Å². The molecule has 2 nitrogen and oxygen atoms in total. The Morgan fingerprint density at radius 2 is 1.94 bits per heavy atom. The summed E-state index contributed by atoms with van der Waals surface area (Å²) in [6.07, 6.45) is -4.39. The Morgan fingerprint density at radius 1 is 1.29 bits per heavy atom. The number of rotatable bonds is 2. The average Bonchev–Trinajstić information content (AvgIpc) is 2.73. The maximum Gasteiger partial charge on any atom is 0.449 e. The van der Waals surface area contributed by atoms with Gasteiger partial charge in [-0.3, -0.25) is 4.99 Å². The van der Waals surface area contributed by atoms with E-state index in [2.05, 4.69) is 27.6 Å². The van der Waals surface area contributed by atoms with Crippen LogP contribution in [0.4, 0.5) is 18.9 Å². The fraction of sp³-hybridized carbons (Fsp3) is 0.364. The summed E-state index contributed by atoms with van der Waals surface area (Å²) in [5, 5.41) is 0. The highest BCUT2D eigenvalue weighted by molar-refractivity contribution is 14.1. The predicted octanol–water partition coefficient (Wildman–Crippen LogP) is 3.27. The number of aliphatic imine (C=N–C) groups is 1. The normalized spacial score (nSPS) is 20.6. The monoisotopic (exact) mass is 354 g/mol. The first kappa shape index (κ1) is 12.7. The Kier molecular flexibility index (Phi) is 3.60. The van der Waals surface area contributed by atoms with Crippen molar-refractivity contribution < 1.29 is 13.2 Å². The van der Waals surface area contributed by atoms with Crippen molar-refractivity contribution in [3.8, 4) is 0 Å². The topological polar surface area (TPSA) is 15.6 Å². The Bertz CT molecular complexity index is 416. The lowest BCUT2D eigenvalue weighted by molar-refractivity contribution is -0.0598. The number of alkyl halides is 4. The molecule has 1 heterocycles.